The van der Waals surface area contributed by atoms with Crippen molar-refractivity contribution in [3.05, 3.63) is 47.3 Å². The number of anilines is 1. The van der Waals surface area contributed by atoms with Gasteiger partial charge in [-0.15, -0.1) is 0 Å². The molecule has 1 saturated carbocycles. The average Bonchev–Trinajstić information content (AvgIpc) is 2.70. The number of sulfone groups is 1. The molecule has 1 aliphatic rings. The van der Waals surface area contributed by atoms with Crippen LogP contribution < -0.4 is 5.32 Å². The first-order valence-electron chi connectivity index (χ1n) is 9.85. The van der Waals surface area contributed by atoms with Crippen molar-refractivity contribution >= 4 is 27.1 Å². The second-order valence-electron chi connectivity index (χ2n) is 8.06. The SMILES string of the molecule is CN(C)[C@H]1C[C@@H](C(F)(F)F)CC[C@@H]1Nc1cc(F)c(S(=O)(=O)Cc2ccncn2)cc1Cl. The van der Waals surface area contributed by atoms with Crippen LogP contribution in [0.25, 0.3) is 0 Å². The fraction of sp³-hybridized carbons (Fsp3) is 0.500. The second kappa shape index (κ2) is 9.48. The monoisotopic (exact) mass is 494 g/mol. The molecule has 0 radical (unpaired) electrons. The number of aromatic nitrogens is 2. The Balaban J connectivity index is 1.82. The minimum absolute atomic E-state index is 0.0388. The summed E-state index contributed by atoms with van der Waals surface area (Å²) in [6.07, 6.45) is -1.66. The van der Waals surface area contributed by atoms with E-state index in [1.165, 1.54) is 18.6 Å². The van der Waals surface area contributed by atoms with Crippen LogP contribution in [0.5, 0.6) is 0 Å². The van der Waals surface area contributed by atoms with Gasteiger partial charge in [-0.1, -0.05) is 11.6 Å². The van der Waals surface area contributed by atoms with Gasteiger partial charge in [0, 0.05) is 18.3 Å². The van der Waals surface area contributed by atoms with Gasteiger partial charge in [-0.2, -0.15) is 13.2 Å². The normalized spacial score (nSPS) is 22.2. The highest BCUT2D eigenvalue weighted by Crippen LogP contribution is 2.40. The Labute approximate surface area is 188 Å². The van der Waals surface area contributed by atoms with Crippen molar-refractivity contribution in [2.24, 2.45) is 5.92 Å². The summed E-state index contributed by atoms with van der Waals surface area (Å²) in [5.74, 6) is -2.94. The summed E-state index contributed by atoms with van der Waals surface area (Å²) < 4.78 is 79.7. The molecular weight excluding hydrogens is 472 g/mol. The van der Waals surface area contributed by atoms with Crippen LogP contribution in [0.2, 0.25) is 5.02 Å². The molecule has 0 bridgehead atoms. The first-order chi connectivity index (χ1) is 14.9. The number of nitrogens with one attached hydrogen (secondary N) is 1. The molecule has 176 valence electrons. The van der Waals surface area contributed by atoms with Crippen molar-refractivity contribution in [1.29, 1.82) is 0 Å². The molecule has 1 N–H and O–H groups in total. The van der Waals surface area contributed by atoms with Gasteiger partial charge >= 0.3 is 6.18 Å². The van der Waals surface area contributed by atoms with Gasteiger partial charge in [-0.05, 0) is 51.6 Å². The van der Waals surface area contributed by atoms with E-state index in [1.54, 1.807) is 19.0 Å². The number of hydrogen-bond donors (Lipinski definition) is 1. The molecule has 1 aromatic carbocycles. The minimum atomic E-state index is -4.28. The maximum absolute atomic E-state index is 14.8. The third-order valence-corrected chi connectivity index (χ3v) is 7.59. The third-order valence-electron chi connectivity index (χ3n) is 5.62. The molecule has 12 heteroatoms. The van der Waals surface area contributed by atoms with Crippen molar-refractivity contribution in [2.75, 3.05) is 19.4 Å². The summed E-state index contributed by atoms with van der Waals surface area (Å²) in [7, 11) is -0.708. The maximum atomic E-state index is 14.8. The molecule has 2 aromatic rings. The lowest BCUT2D eigenvalue weighted by Crippen LogP contribution is -2.49. The zero-order valence-corrected chi connectivity index (χ0v) is 19.0. The highest BCUT2D eigenvalue weighted by Gasteiger charge is 2.45. The molecule has 0 aliphatic heterocycles. The van der Waals surface area contributed by atoms with Gasteiger partial charge in [0.15, 0.2) is 9.84 Å². The van der Waals surface area contributed by atoms with Crippen LogP contribution in [0.3, 0.4) is 0 Å². The zero-order chi connectivity index (χ0) is 23.7. The van der Waals surface area contributed by atoms with Gasteiger partial charge in [-0.3, -0.25) is 0 Å². The van der Waals surface area contributed by atoms with Gasteiger partial charge in [0.25, 0.3) is 0 Å². The number of hydrogen-bond acceptors (Lipinski definition) is 6. The van der Waals surface area contributed by atoms with Gasteiger partial charge in [-0.25, -0.2) is 22.8 Å². The summed E-state index contributed by atoms with van der Waals surface area (Å²) in [5.41, 5.74) is 0.334. The van der Waals surface area contributed by atoms with Crippen LogP contribution in [0, 0.1) is 11.7 Å². The van der Waals surface area contributed by atoms with Crippen LogP contribution in [-0.4, -0.2) is 55.6 Å². The first kappa shape index (κ1) is 24.7. The smallest absolute Gasteiger partial charge is 0.379 e. The average molecular weight is 495 g/mol. The molecule has 1 aromatic heterocycles. The second-order valence-corrected chi connectivity index (χ2v) is 10.4. The van der Waals surface area contributed by atoms with E-state index in [0.29, 0.717) is 0 Å². The fourth-order valence-electron chi connectivity index (χ4n) is 3.94. The van der Waals surface area contributed by atoms with Crippen LogP contribution in [0.15, 0.2) is 35.6 Å². The number of nitrogens with zero attached hydrogens (tertiary/aromatic N) is 3. The quantitative estimate of drug-likeness (QED) is 0.603. The molecule has 0 amide bonds. The zero-order valence-electron chi connectivity index (χ0n) is 17.4. The Hall–Kier alpha value is -1.98. The van der Waals surface area contributed by atoms with Crippen LogP contribution >= 0.6 is 11.6 Å². The lowest BCUT2D eigenvalue weighted by Gasteiger charge is -2.41. The molecule has 32 heavy (non-hydrogen) atoms. The van der Waals surface area contributed by atoms with Gasteiger partial charge in [0.05, 0.1) is 28.1 Å². The molecule has 3 atom stereocenters. The molecule has 6 nitrogen and oxygen atoms in total. The van der Waals surface area contributed by atoms with E-state index in [1.807, 2.05) is 0 Å². The van der Waals surface area contributed by atoms with E-state index in [9.17, 15) is 26.0 Å². The molecule has 1 heterocycles. The Morgan fingerprint density at radius 3 is 2.56 bits per heavy atom. The molecule has 0 unspecified atom stereocenters. The van der Waals surface area contributed by atoms with E-state index >= 15 is 0 Å². The van der Waals surface area contributed by atoms with Crippen LogP contribution in [-0.2, 0) is 15.6 Å². The summed E-state index contributed by atoms with van der Waals surface area (Å²) in [6.45, 7) is 0. The number of rotatable bonds is 6. The van der Waals surface area contributed by atoms with Crippen molar-refractivity contribution < 1.29 is 26.0 Å². The summed E-state index contributed by atoms with van der Waals surface area (Å²) in [4.78, 5) is 8.67. The van der Waals surface area contributed by atoms with Crippen LogP contribution in [0.1, 0.15) is 25.0 Å². The maximum Gasteiger partial charge on any atom is 0.391 e. The van der Waals surface area contributed by atoms with E-state index in [-0.39, 0.29) is 35.7 Å². The Bertz CT molecular complexity index is 1050. The Kier molecular flexibility index (Phi) is 7.31. The summed E-state index contributed by atoms with van der Waals surface area (Å²) in [5, 5.41) is 2.99. The van der Waals surface area contributed by atoms with Crippen molar-refractivity contribution in [3.8, 4) is 0 Å². The highest BCUT2D eigenvalue weighted by molar-refractivity contribution is 7.90. The summed E-state index contributed by atoms with van der Waals surface area (Å²) >= 11 is 6.25. The number of alkyl halides is 3. The number of benzene rings is 1. The standard InChI is InChI=1S/C20H23ClF4N4O2S/c1-29(2)18-7-12(20(23,24)25)3-4-16(18)28-17-9-15(22)19(8-14(17)21)32(30,31)10-13-5-6-26-11-27-13/h5-6,8-9,11-12,16,18,28H,3-4,7,10H2,1-2H3/t12-,16-,18-/m0/s1. The fourth-order valence-corrected chi connectivity index (χ4v) is 5.59. The van der Waals surface area contributed by atoms with Crippen molar-refractivity contribution in [1.82, 2.24) is 14.9 Å². The first-order valence-corrected chi connectivity index (χ1v) is 11.9. The topological polar surface area (TPSA) is 75.2 Å². The van der Waals surface area contributed by atoms with E-state index in [0.717, 1.165) is 12.1 Å². The predicted octanol–water partition coefficient (Wildman–Crippen LogP) is 4.32. The van der Waals surface area contributed by atoms with Crippen molar-refractivity contribution in [2.45, 2.75) is 48.2 Å². The molecular formula is C20H23ClF4N4O2S. The lowest BCUT2D eigenvalue weighted by atomic mass is 9.81. The molecule has 0 saturated heterocycles. The molecule has 3 rings (SSSR count). The molecule has 1 aliphatic carbocycles. The molecule has 0 spiro atoms. The van der Waals surface area contributed by atoms with Gasteiger partial charge < -0.3 is 10.2 Å². The molecule has 1 fully saturated rings. The van der Waals surface area contributed by atoms with E-state index < -0.39 is 50.5 Å². The van der Waals surface area contributed by atoms with Gasteiger partial charge in [0.1, 0.15) is 17.0 Å². The van der Waals surface area contributed by atoms with E-state index in [2.05, 4.69) is 15.3 Å². The lowest BCUT2D eigenvalue weighted by molar-refractivity contribution is -0.186. The predicted molar refractivity (Wildman–Crippen MR) is 113 cm³/mol. The number of halogens is 5. The Morgan fingerprint density at radius 1 is 1.25 bits per heavy atom. The minimum Gasteiger partial charge on any atom is -0.379 e. The Morgan fingerprint density at radius 2 is 1.97 bits per heavy atom. The number of likely N-dealkylation sites (N-methyl/N-ethyl adjacent to an activating group) is 1. The summed E-state index contributed by atoms with van der Waals surface area (Å²) in [6, 6.07) is 2.52. The van der Waals surface area contributed by atoms with E-state index in [4.69, 9.17) is 11.6 Å². The third kappa shape index (κ3) is 5.68. The van der Waals surface area contributed by atoms with Crippen molar-refractivity contribution in [3.63, 3.8) is 0 Å². The van der Waals surface area contributed by atoms with Crippen LogP contribution in [0.4, 0.5) is 23.2 Å². The largest absolute Gasteiger partial charge is 0.391 e. The highest BCUT2D eigenvalue weighted by atomic mass is 35.5. The van der Waals surface area contributed by atoms with Gasteiger partial charge in [0.2, 0.25) is 0 Å².